The summed E-state index contributed by atoms with van der Waals surface area (Å²) in [5.74, 6) is -16.8. The normalized spacial score (nSPS) is 12.8. The number of rotatable bonds is 34. The van der Waals surface area contributed by atoms with E-state index in [1.165, 1.54) is 147 Å². The van der Waals surface area contributed by atoms with Gasteiger partial charge in [-0.25, -0.2) is 33.6 Å². The van der Waals surface area contributed by atoms with Gasteiger partial charge >= 0.3 is 47.8 Å². The Kier molecular flexibility index (Phi) is 26.3. The van der Waals surface area contributed by atoms with Crippen LogP contribution in [0.2, 0.25) is 0 Å². The van der Waals surface area contributed by atoms with Gasteiger partial charge in [0, 0.05) is 59.8 Å². The second-order valence-electron chi connectivity index (χ2n) is 29.2. The molecule has 9 aromatic carbocycles. The predicted octanol–water partition coefficient (Wildman–Crippen LogP) is 13.5. The van der Waals surface area contributed by atoms with E-state index in [1.54, 1.807) is 41.5 Å². The summed E-state index contributed by atoms with van der Waals surface area (Å²) in [5, 5.41) is -1.08. The second kappa shape index (κ2) is 36.5. The van der Waals surface area contributed by atoms with Gasteiger partial charge in [0.25, 0.3) is 23.6 Å². The number of esters is 8. The van der Waals surface area contributed by atoms with Crippen molar-refractivity contribution >= 4 is 126 Å². The topological polar surface area (TPSA) is 363 Å². The predicted molar refractivity (Wildman–Crippen MR) is 434 cm³/mol. The summed E-state index contributed by atoms with van der Waals surface area (Å²) in [4.78, 5) is 208. The van der Waals surface area contributed by atoms with Crippen molar-refractivity contribution in [2.45, 2.75) is 74.4 Å². The van der Waals surface area contributed by atoms with Crippen molar-refractivity contribution < 1.29 is 124 Å². The van der Waals surface area contributed by atoms with Crippen molar-refractivity contribution in [3.05, 3.63) is 202 Å². The molecule has 2 heterocycles. The lowest BCUT2D eigenvalue weighted by Crippen LogP contribution is -2.57. The van der Waals surface area contributed by atoms with Crippen LogP contribution < -0.4 is 18.9 Å². The van der Waals surface area contributed by atoms with Gasteiger partial charge in [-0.3, -0.25) is 43.4 Å². The Morgan fingerprint density at radius 3 is 0.800 bits per heavy atom. The van der Waals surface area contributed by atoms with Crippen LogP contribution in [-0.4, -0.2) is 196 Å². The Bertz CT molecular complexity index is 5290. The zero-order chi connectivity index (χ0) is 87.2. The van der Waals surface area contributed by atoms with Crippen LogP contribution >= 0.6 is 0 Å². The number of methoxy groups -OCH3 is 4. The molecule has 2 unspecified atom stereocenters. The highest BCUT2D eigenvalue weighted by molar-refractivity contribution is 6.45. The molecule has 0 spiro atoms. The van der Waals surface area contributed by atoms with Crippen molar-refractivity contribution in [3.63, 3.8) is 0 Å². The third-order valence-electron chi connectivity index (χ3n) is 19.7. The molecule has 2 aliphatic rings. The molecule has 30 nitrogen and oxygen atoms in total. The summed E-state index contributed by atoms with van der Waals surface area (Å²) in [5.41, 5.74) is -1.44. The van der Waals surface area contributed by atoms with Crippen LogP contribution in [0.1, 0.15) is 145 Å². The lowest BCUT2D eigenvalue weighted by molar-refractivity contribution is -0.150. The molecule has 30 heteroatoms. The molecule has 120 heavy (non-hydrogen) atoms. The van der Waals surface area contributed by atoms with E-state index in [0.717, 1.165) is 43.1 Å². The van der Waals surface area contributed by atoms with Crippen molar-refractivity contribution in [1.29, 1.82) is 0 Å². The van der Waals surface area contributed by atoms with Crippen LogP contribution in [0.15, 0.2) is 158 Å². The van der Waals surface area contributed by atoms with Crippen molar-refractivity contribution in [2.24, 2.45) is 17.8 Å². The number of fused-ring (bicyclic) bond motifs is 2. The first-order valence-electron chi connectivity index (χ1n) is 37.9. The highest BCUT2D eigenvalue weighted by Crippen LogP contribution is 2.58. The highest BCUT2D eigenvalue weighted by Gasteiger charge is 2.49. The average molecular weight is 1640 g/mol. The van der Waals surface area contributed by atoms with Gasteiger partial charge in [-0.2, -0.15) is 0 Å². The van der Waals surface area contributed by atoms with Crippen LogP contribution in [0.4, 0.5) is 0 Å². The largest absolute Gasteiger partial charge is 0.465 e. The SMILES string of the molecule is C=C(C)C(=O)OCCN(CCOC(=O)C(=C)C)C(=O)C(C(C)C)N1C(=O)c2cc(Oc3cccc(C(=O)OC)c3)c3c4c(Oc5cccc(C(=O)OC)c5)cc5c6c(cc(Oc7cccc(C(=O)OC)c7)c(c7c(Oc8cccc(C(=O)OC)c8)cc(c2c37)C1=O)c64)C(=O)N(C(C(=O)N(CCOC(=O)C(=C)C)CCOC(=O)C(C)C)C(C)C)C5=O. The number of benzene rings is 9. The van der Waals surface area contributed by atoms with Crippen LogP contribution in [0, 0.1) is 17.8 Å². The lowest BCUT2D eigenvalue weighted by Gasteiger charge is -2.39. The number of carbonyl (C=O) groups is 14. The van der Waals surface area contributed by atoms with Gasteiger partial charge in [-0.15, -0.1) is 0 Å². The first-order chi connectivity index (χ1) is 57.1. The Labute approximate surface area is 688 Å². The molecule has 0 aromatic heterocycles. The van der Waals surface area contributed by atoms with Crippen LogP contribution in [0.3, 0.4) is 0 Å². The van der Waals surface area contributed by atoms with Gasteiger partial charge in [0.05, 0.1) is 105 Å². The fraction of sp³-hybridized carbons (Fsp3) is 0.289. The second-order valence-corrected chi connectivity index (χ2v) is 29.2. The summed E-state index contributed by atoms with van der Waals surface area (Å²) in [6, 6.07) is 24.3. The van der Waals surface area contributed by atoms with E-state index < -0.39 is 133 Å². The van der Waals surface area contributed by atoms with Gasteiger partial charge < -0.3 is 66.6 Å². The van der Waals surface area contributed by atoms with Gasteiger partial charge in [-0.05, 0) is 130 Å². The van der Waals surface area contributed by atoms with E-state index in [1.807, 2.05) is 0 Å². The van der Waals surface area contributed by atoms with E-state index in [4.69, 9.17) is 56.8 Å². The quantitative estimate of drug-likeness (QED) is 0.00902. The fourth-order valence-corrected chi connectivity index (χ4v) is 14.1. The minimum absolute atomic E-state index is 0.0310. The van der Waals surface area contributed by atoms with Crippen LogP contribution in [0.25, 0.3) is 43.1 Å². The van der Waals surface area contributed by atoms with Gasteiger partial charge in [-0.1, -0.05) is 85.5 Å². The van der Waals surface area contributed by atoms with Crippen LogP contribution in [0.5, 0.6) is 46.0 Å². The maximum absolute atomic E-state index is 16.7. The number of carbonyl (C=O) groups excluding carboxylic acids is 14. The van der Waals surface area contributed by atoms with Gasteiger partial charge in [0.2, 0.25) is 11.8 Å². The van der Waals surface area contributed by atoms with E-state index in [2.05, 4.69) is 19.7 Å². The molecule has 0 saturated carbocycles. The third kappa shape index (κ3) is 17.5. The zero-order valence-electron chi connectivity index (χ0n) is 68.1. The average Bonchev–Trinajstić information content (AvgIpc) is 0.669. The molecule has 622 valence electrons. The van der Waals surface area contributed by atoms with Crippen molar-refractivity contribution in [3.8, 4) is 46.0 Å². The Morgan fingerprint density at radius 1 is 0.342 bits per heavy atom. The molecule has 0 aliphatic carbocycles. The molecule has 0 N–H and O–H groups in total. The summed E-state index contributed by atoms with van der Waals surface area (Å²) in [6.45, 7) is 21.5. The minimum Gasteiger partial charge on any atom is -0.465 e. The summed E-state index contributed by atoms with van der Waals surface area (Å²) < 4.78 is 71.0. The first kappa shape index (κ1) is 86.5. The van der Waals surface area contributed by atoms with E-state index >= 15 is 28.8 Å². The molecule has 0 saturated heterocycles. The number of nitrogens with zero attached hydrogens (tertiary/aromatic N) is 4. The molecular formula is C90H86N4O26. The third-order valence-corrected chi connectivity index (χ3v) is 19.7. The minimum atomic E-state index is -1.77. The molecule has 0 fully saturated rings. The molecule has 11 rings (SSSR count). The number of ether oxygens (including phenoxy) is 12. The number of imide groups is 2. The first-order valence-corrected chi connectivity index (χ1v) is 37.9. The number of hydrogen-bond donors (Lipinski definition) is 0. The van der Waals surface area contributed by atoms with Crippen molar-refractivity contribution in [1.82, 2.24) is 19.6 Å². The molecular weight excluding hydrogens is 1550 g/mol. The number of amides is 6. The van der Waals surface area contributed by atoms with E-state index in [-0.39, 0.29) is 183 Å². The molecule has 6 amide bonds. The summed E-state index contributed by atoms with van der Waals surface area (Å²) in [6.07, 6.45) is 0. The van der Waals surface area contributed by atoms with Crippen LogP contribution in [-0.2, 0) is 66.7 Å². The Hall–Kier alpha value is -14.3. The fourth-order valence-electron chi connectivity index (χ4n) is 14.1. The maximum Gasteiger partial charge on any atom is 0.337 e. The number of hydrogen-bond acceptors (Lipinski definition) is 26. The van der Waals surface area contributed by atoms with Gasteiger partial charge in [0.15, 0.2) is 0 Å². The summed E-state index contributed by atoms with van der Waals surface area (Å²) >= 11 is 0. The molecule has 0 radical (unpaired) electrons. The molecule has 2 atom stereocenters. The molecule has 0 bridgehead atoms. The van der Waals surface area contributed by atoms with E-state index in [9.17, 15) is 38.4 Å². The van der Waals surface area contributed by atoms with Crippen molar-refractivity contribution in [2.75, 3.05) is 81.0 Å². The monoisotopic (exact) mass is 1640 g/mol. The highest BCUT2D eigenvalue weighted by atomic mass is 16.6. The zero-order valence-corrected chi connectivity index (χ0v) is 68.1. The van der Waals surface area contributed by atoms with Gasteiger partial charge in [0.1, 0.15) is 84.5 Å². The lowest BCUT2D eigenvalue weighted by atomic mass is 9.80. The standard InChI is InChI=1S/C90H86N4O26/c1-45(2)75(81(99)91(29-33-113-83(101)47(5)6)30-34-114-84(102)48(7)8)93-77(95)59-41-63(117-55-25-17-21-51(37-55)87(105)109-13)69-71-65(119-57-27-19-23-53(39-57)89(107)111-15)43-61-68-62(80(98)94(79(61)97)76(46(3)4)82(100)92(31-35-115-85(103)49(9)10)32-36-116-86(104)50(11)12)44-66(120-58-28-20-24-54(40-58)90(108)112-16)72(74(68)71)70-64(42-60(78(93)96)67(59)73(69)70)118-56-26-18-22-52(38-56)88(106)110-14/h17-28,37-46,50,75-76H,5,7,9,29-36H2,1-4,6,8,10-16H3. The smallest absolute Gasteiger partial charge is 0.337 e. The maximum atomic E-state index is 16.7. The Morgan fingerprint density at radius 2 is 0.583 bits per heavy atom. The molecule has 2 aliphatic heterocycles. The Balaban J connectivity index is 1.32. The molecule has 9 aromatic rings. The van der Waals surface area contributed by atoms with E-state index in [0.29, 0.717) is 0 Å². The summed E-state index contributed by atoms with van der Waals surface area (Å²) in [7, 11) is 4.62.